The van der Waals surface area contributed by atoms with Gasteiger partial charge in [0, 0.05) is 26.2 Å². The molecule has 3 rings (SSSR count). The molecular formula is C13H18N2O4. The Morgan fingerprint density at radius 1 is 1.26 bits per heavy atom. The normalized spacial score (nSPS) is 37.4. The minimum Gasteiger partial charge on any atom is -0.481 e. The van der Waals surface area contributed by atoms with Gasteiger partial charge in [0.05, 0.1) is 18.1 Å². The average Bonchev–Trinajstić information content (AvgIpc) is 2.69. The van der Waals surface area contributed by atoms with Gasteiger partial charge in [-0.3, -0.25) is 9.59 Å². The van der Waals surface area contributed by atoms with Crippen LogP contribution in [-0.4, -0.2) is 60.3 Å². The van der Waals surface area contributed by atoms with Crippen molar-refractivity contribution >= 4 is 11.9 Å². The number of nitrogens with zero attached hydrogens (tertiary/aromatic N) is 1. The molecule has 0 radical (unpaired) electrons. The zero-order chi connectivity index (χ0) is 13.4. The largest absolute Gasteiger partial charge is 0.481 e. The van der Waals surface area contributed by atoms with Gasteiger partial charge >= 0.3 is 5.97 Å². The van der Waals surface area contributed by atoms with Crippen molar-refractivity contribution in [3.63, 3.8) is 0 Å². The number of nitrogens with one attached hydrogen (secondary N) is 1. The van der Waals surface area contributed by atoms with Crippen LogP contribution in [-0.2, 0) is 14.3 Å². The highest BCUT2D eigenvalue weighted by molar-refractivity contribution is 5.86. The first-order valence-corrected chi connectivity index (χ1v) is 6.73. The zero-order valence-electron chi connectivity index (χ0n) is 10.6. The fraction of sp³-hybridized carbons (Fsp3) is 0.692. The third-order valence-electron chi connectivity index (χ3n) is 4.17. The fourth-order valence-electron chi connectivity index (χ4n) is 3.22. The Balaban J connectivity index is 1.81. The molecule has 0 aromatic carbocycles. The zero-order valence-corrected chi connectivity index (χ0v) is 10.6. The summed E-state index contributed by atoms with van der Waals surface area (Å²) in [5, 5.41) is 12.6. The first-order valence-electron chi connectivity index (χ1n) is 6.73. The monoisotopic (exact) mass is 266 g/mol. The van der Waals surface area contributed by atoms with Crippen molar-refractivity contribution in [2.24, 2.45) is 11.8 Å². The smallest absolute Gasteiger partial charge is 0.310 e. The molecule has 0 spiro atoms. The first-order chi connectivity index (χ1) is 9.18. The van der Waals surface area contributed by atoms with Crippen molar-refractivity contribution < 1.29 is 19.4 Å². The molecule has 0 saturated carbocycles. The molecule has 104 valence electrons. The number of carboxylic acid groups (broad SMARTS) is 1. The second kappa shape index (κ2) is 4.94. The van der Waals surface area contributed by atoms with Gasteiger partial charge in [-0.1, -0.05) is 12.2 Å². The summed E-state index contributed by atoms with van der Waals surface area (Å²) in [4.78, 5) is 25.8. The van der Waals surface area contributed by atoms with Crippen LogP contribution in [0.1, 0.15) is 6.42 Å². The molecule has 2 fully saturated rings. The minimum atomic E-state index is -0.937. The number of carbonyl (C=O) groups excluding carboxylic acids is 1. The summed E-state index contributed by atoms with van der Waals surface area (Å²) in [7, 11) is 0. The van der Waals surface area contributed by atoms with Gasteiger partial charge < -0.3 is 20.1 Å². The van der Waals surface area contributed by atoms with Crippen molar-refractivity contribution in [1.82, 2.24) is 10.2 Å². The lowest BCUT2D eigenvalue weighted by Crippen LogP contribution is -2.51. The Morgan fingerprint density at radius 3 is 2.68 bits per heavy atom. The Morgan fingerprint density at radius 2 is 2.00 bits per heavy atom. The molecule has 2 unspecified atom stereocenters. The highest BCUT2D eigenvalue weighted by atomic mass is 16.5. The number of rotatable bonds is 2. The summed E-state index contributed by atoms with van der Waals surface area (Å²) in [5.74, 6) is -2.29. The molecule has 6 nitrogen and oxygen atoms in total. The highest BCUT2D eigenvalue weighted by Crippen LogP contribution is 2.39. The number of amides is 1. The number of carbonyl (C=O) groups is 2. The van der Waals surface area contributed by atoms with Crippen LogP contribution in [0.2, 0.25) is 0 Å². The fourth-order valence-corrected chi connectivity index (χ4v) is 3.22. The summed E-state index contributed by atoms with van der Waals surface area (Å²) >= 11 is 0. The van der Waals surface area contributed by atoms with Crippen LogP contribution < -0.4 is 5.32 Å². The van der Waals surface area contributed by atoms with E-state index in [2.05, 4.69) is 5.32 Å². The minimum absolute atomic E-state index is 0.0647. The maximum atomic E-state index is 12.6. The molecule has 0 aromatic heterocycles. The van der Waals surface area contributed by atoms with E-state index in [1.807, 2.05) is 6.08 Å². The van der Waals surface area contributed by atoms with E-state index < -0.39 is 23.9 Å². The van der Waals surface area contributed by atoms with Crippen LogP contribution in [0.4, 0.5) is 0 Å². The van der Waals surface area contributed by atoms with Crippen molar-refractivity contribution in [2.75, 3.05) is 26.2 Å². The van der Waals surface area contributed by atoms with Crippen LogP contribution in [0.3, 0.4) is 0 Å². The Hall–Kier alpha value is -1.40. The molecule has 19 heavy (non-hydrogen) atoms. The number of piperazine rings is 1. The Bertz CT molecular complexity index is 417. The SMILES string of the molecule is O=C(O)C1C(C(=O)N2CCNCC2)[C@@H]2CC=C[C@H]1O2. The van der Waals surface area contributed by atoms with Gasteiger partial charge in [-0.25, -0.2) is 0 Å². The number of hydrogen-bond acceptors (Lipinski definition) is 4. The van der Waals surface area contributed by atoms with E-state index in [4.69, 9.17) is 4.74 Å². The van der Waals surface area contributed by atoms with Gasteiger partial charge in [-0.2, -0.15) is 0 Å². The second-order valence-electron chi connectivity index (χ2n) is 5.27. The molecule has 3 aliphatic heterocycles. The number of hydrogen-bond donors (Lipinski definition) is 2. The van der Waals surface area contributed by atoms with E-state index in [0.29, 0.717) is 19.5 Å². The van der Waals surface area contributed by atoms with Gasteiger partial charge in [0.1, 0.15) is 5.92 Å². The lowest BCUT2D eigenvalue weighted by atomic mass is 9.86. The third-order valence-corrected chi connectivity index (χ3v) is 4.17. The average molecular weight is 266 g/mol. The Labute approximate surface area is 111 Å². The van der Waals surface area contributed by atoms with Gasteiger partial charge in [-0.15, -0.1) is 0 Å². The van der Waals surface area contributed by atoms with E-state index in [1.54, 1.807) is 11.0 Å². The van der Waals surface area contributed by atoms with E-state index in [0.717, 1.165) is 13.1 Å². The number of fused-ring (bicyclic) bond motifs is 2. The second-order valence-corrected chi connectivity index (χ2v) is 5.27. The van der Waals surface area contributed by atoms with Crippen molar-refractivity contribution in [2.45, 2.75) is 18.6 Å². The van der Waals surface area contributed by atoms with Crippen LogP contribution in [0.25, 0.3) is 0 Å². The number of aliphatic carboxylic acids is 1. The predicted molar refractivity (Wildman–Crippen MR) is 66.5 cm³/mol. The summed E-state index contributed by atoms with van der Waals surface area (Å²) in [5.41, 5.74) is 0. The van der Waals surface area contributed by atoms with Gasteiger partial charge in [-0.05, 0) is 6.42 Å². The van der Waals surface area contributed by atoms with E-state index in [-0.39, 0.29) is 12.0 Å². The van der Waals surface area contributed by atoms with Crippen LogP contribution in [0, 0.1) is 11.8 Å². The lowest BCUT2D eigenvalue weighted by Gasteiger charge is -2.31. The van der Waals surface area contributed by atoms with Crippen LogP contribution in [0.15, 0.2) is 12.2 Å². The third kappa shape index (κ3) is 2.15. The predicted octanol–water partition coefficient (Wildman–Crippen LogP) is -0.537. The van der Waals surface area contributed by atoms with Crippen molar-refractivity contribution in [3.05, 3.63) is 12.2 Å². The molecule has 2 bridgehead atoms. The highest BCUT2D eigenvalue weighted by Gasteiger charge is 2.53. The summed E-state index contributed by atoms with van der Waals surface area (Å²) in [6.07, 6.45) is 3.61. The lowest BCUT2D eigenvalue weighted by molar-refractivity contribution is -0.149. The summed E-state index contributed by atoms with van der Waals surface area (Å²) < 4.78 is 5.66. The van der Waals surface area contributed by atoms with Crippen molar-refractivity contribution in [3.8, 4) is 0 Å². The molecule has 0 aliphatic carbocycles. The number of carboxylic acids is 1. The van der Waals surface area contributed by atoms with E-state index >= 15 is 0 Å². The Kier molecular flexibility index (Phi) is 3.28. The van der Waals surface area contributed by atoms with Crippen LogP contribution >= 0.6 is 0 Å². The van der Waals surface area contributed by atoms with Crippen LogP contribution in [0.5, 0.6) is 0 Å². The topological polar surface area (TPSA) is 78.9 Å². The van der Waals surface area contributed by atoms with Gasteiger partial charge in [0.2, 0.25) is 5.91 Å². The molecule has 6 heteroatoms. The maximum absolute atomic E-state index is 12.6. The first kappa shape index (κ1) is 12.6. The molecule has 3 aliphatic rings. The van der Waals surface area contributed by atoms with Gasteiger partial charge in [0.25, 0.3) is 0 Å². The summed E-state index contributed by atoms with van der Waals surface area (Å²) in [6, 6.07) is 0. The van der Waals surface area contributed by atoms with Crippen molar-refractivity contribution in [1.29, 1.82) is 0 Å². The van der Waals surface area contributed by atoms with E-state index in [9.17, 15) is 14.7 Å². The van der Waals surface area contributed by atoms with Gasteiger partial charge in [0.15, 0.2) is 0 Å². The number of ether oxygens (including phenoxy) is 1. The molecule has 4 atom stereocenters. The standard InChI is InChI=1S/C13H18N2O4/c16-12(15-6-4-14-5-7-15)10-8-2-1-3-9(19-8)11(10)13(17)18/h1,3,8-11,14H,2,4-7H2,(H,17,18)/t8-,9+,10?,11?/m0/s1. The van der Waals surface area contributed by atoms with E-state index in [1.165, 1.54) is 0 Å². The molecule has 2 N–H and O–H groups in total. The molecular weight excluding hydrogens is 248 g/mol. The molecule has 1 amide bonds. The quantitative estimate of drug-likeness (QED) is 0.656. The maximum Gasteiger partial charge on any atom is 0.310 e. The summed E-state index contributed by atoms with van der Waals surface area (Å²) in [6.45, 7) is 2.83. The molecule has 2 saturated heterocycles. The molecule has 0 aromatic rings. The molecule has 3 heterocycles.